The summed E-state index contributed by atoms with van der Waals surface area (Å²) in [6.07, 6.45) is 0. The number of hydrogen-bond acceptors (Lipinski definition) is 3. The average Bonchev–Trinajstić information content (AvgIpc) is 3.96. The van der Waals surface area contributed by atoms with Crippen molar-refractivity contribution >= 4 is 70.5 Å². The molecule has 1 aliphatic rings. The zero-order chi connectivity index (χ0) is 45.5. The van der Waals surface area contributed by atoms with Crippen molar-refractivity contribution in [1.82, 2.24) is 0 Å². The molecule has 256 valence electrons. The van der Waals surface area contributed by atoms with E-state index < -0.39 is 71.4 Å². The van der Waals surface area contributed by atoms with Crippen LogP contribution in [0.1, 0.15) is 40.1 Å². The van der Waals surface area contributed by atoms with E-state index in [1.165, 1.54) is 0 Å². The van der Waals surface area contributed by atoms with E-state index in [-0.39, 0.29) is 39.2 Å². The lowest BCUT2D eigenvalue weighted by molar-refractivity contribution is 0.660. The van der Waals surface area contributed by atoms with E-state index in [0.717, 1.165) is 53.6 Å². The minimum atomic E-state index is -0.659. The number of thiophene rings is 1. The Kier molecular flexibility index (Phi) is 4.79. The second-order valence-electron chi connectivity index (χ2n) is 14.1. The highest BCUT2D eigenvalue weighted by atomic mass is 32.1. The Bertz CT molecular complexity index is 3700. The highest BCUT2D eigenvalue weighted by molar-refractivity contribution is 7.25. The molecule has 1 aliphatic carbocycles. The first-order valence-corrected chi connectivity index (χ1v) is 18.5. The second kappa shape index (κ2) is 11.8. The van der Waals surface area contributed by atoms with Gasteiger partial charge in [-0.15, -0.1) is 11.3 Å². The molecular weight excluding hydrogens is 675 g/mol. The molecule has 11 rings (SSSR count). The van der Waals surface area contributed by atoms with Crippen LogP contribution in [0.2, 0.25) is 0 Å². The van der Waals surface area contributed by atoms with E-state index in [4.69, 9.17) is 14.0 Å². The van der Waals surface area contributed by atoms with E-state index in [0.29, 0.717) is 11.4 Å². The number of anilines is 3. The van der Waals surface area contributed by atoms with Gasteiger partial charge < -0.3 is 9.32 Å². The maximum absolute atomic E-state index is 9.83. The first kappa shape index (κ1) is 21.9. The molecule has 0 saturated heterocycles. The normalized spacial score (nSPS) is 16.0. The zero-order valence-corrected chi connectivity index (χ0v) is 30.0. The first-order chi connectivity index (χ1) is 31.1. The number of fused-ring (bicyclic) bond motifs is 9. The topological polar surface area (TPSA) is 16.4 Å². The minimum Gasteiger partial charge on any atom is -0.455 e. The van der Waals surface area contributed by atoms with Crippen LogP contribution in [0.3, 0.4) is 0 Å². The monoisotopic (exact) mass is 720 g/mol. The maximum Gasteiger partial charge on any atom is 0.143 e. The molecule has 0 bridgehead atoms. The van der Waals surface area contributed by atoms with Crippen molar-refractivity contribution in [3.05, 3.63) is 187 Å². The summed E-state index contributed by atoms with van der Waals surface area (Å²) >= 11 is 1.61. The predicted octanol–water partition coefficient (Wildman–Crippen LogP) is 15.1. The fraction of sp³-hybridized carbons (Fsp3) is 0.0588. The number of nitrogens with zero attached hydrogens (tertiary/aromatic N) is 1. The fourth-order valence-electron chi connectivity index (χ4n) is 8.22. The van der Waals surface area contributed by atoms with Crippen LogP contribution >= 0.6 is 11.3 Å². The Balaban J connectivity index is 1.32. The molecule has 0 amide bonds. The Morgan fingerprint density at radius 1 is 0.556 bits per heavy atom. The van der Waals surface area contributed by atoms with E-state index in [1.807, 2.05) is 65.6 Å². The lowest BCUT2D eigenvalue weighted by Gasteiger charge is -2.30. The van der Waals surface area contributed by atoms with E-state index in [9.17, 15) is 5.48 Å². The SMILES string of the molecule is [2H]c1c([2H])c([2H])c(-c2c([2H])c([2H])c([2H])c3c2oc2c([2H])c([2H])c([2H])c(N(c4cc(-c5ccccc5)c5c(c4)C(C)(C)c4ccccc4-5)c4ccc5c(c4)sc4ccccc45)c23)c([2H])c1[2H]. The molecule has 0 spiro atoms. The van der Waals surface area contributed by atoms with Crippen molar-refractivity contribution in [2.45, 2.75) is 19.3 Å². The number of rotatable bonds is 5. The molecular formula is C51H35NOS. The molecule has 0 fully saturated rings. The molecule has 2 nitrogen and oxygen atoms in total. The molecule has 0 aliphatic heterocycles. The summed E-state index contributed by atoms with van der Waals surface area (Å²) in [6, 6.07) is 30.4. The third-order valence-corrected chi connectivity index (χ3v) is 11.8. The molecule has 2 heterocycles. The maximum atomic E-state index is 9.83. The van der Waals surface area contributed by atoms with Crippen LogP contribution < -0.4 is 4.90 Å². The van der Waals surface area contributed by atoms with Gasteiger partial charge in [-0.1, -0.05) is 147 Å². The van der Waals surface area contributed by atoms with Gasteiger partial charge in [0.2, 0.25) is 0 Å². The number of furan rings is 1. The molecule has 0 atom stereocenters. The van der Waals surface area contributed by atoms with Gasteiger partial charge in [0.15, 0.2) is 0 Å². The largest absolute Gasteiger partial charge is 0.455 e. The van der Waals surface area contributed by atoms with Gasteiger partial charge in [-0.3, -0.25) is 0 Å². The van der Waals surface area contributed by atoms with Crippen LogP contribution in [0.15, 0.2) is 180 Å². The molecule has 3 heteroatoms. The van der Waals surface area contributed by atoms with E-state index in [2.05, 4.69) is 62.4 Å². The van der Waals surface area contributed by atoms with Crippen LogP contribution in [0, 0.1) is 0 Å². The van der Waals surface area contributed by atoms with Crippen molar-refractivity contribution in [3.8, 4) is 33.4 Å². The summed E-state index contributed by atoms with van der Waals surface area (Å²) in [5.41, 5.74) is 5.78. The van der Waals surface area contributed by atoms with Gasteiger partial charge in [0, 0.05) is 47.9 Å². The number of para-hydroxylation sites is 1. The Morgan fingerprint density at radius 3 is 2.22 bits per heavy atom. The van der Waals surface area contributed by atoms with Crippen molar-refractivity contribution in [1.29, 1.82) is 0 Å². The van der Waals surface area contributed by atoms with Gasteiger partial charge in [0.25, 0.3) is 0 Å². The Morgan fingerprint density at radius 2 is 1.33 bits per heavy atom. The molecule has 0 unspecified atom stereocenters. The van der Waals surface area contributed by atoms with Crippen LogP contribution in [0.25, 0.3) is 75.5 Å². The van der Waals surface area contributed by atoms with Crippen LogP contribution in [0.4, 0.5) is 17.1 Å². The first-order valence-electron chi connectivity index (χ1n) is 23.2. The predicted molar refractivity (Wildman–Crippen MR) is 230 cm³/mol. The van der Waals surface area contributed by atoms with Crippen molar-refractivity contribution in [3.63, 3.8) is 0 Å². The van der Waals surface area contributed by atoms with Crippen molar-refractivity contribution in [2.75, 3.05) is 4.90 Å². The van der Waals surface area contributed by atoms with E-state index in [1.54, 1.807) is 11.3 Å². The molecule has 8 aromatic carbocycles. The summed E-state index contributed by atoms with van der Waals surface area (Å²) in [7, 11) is 0. The van der Waals surface area contributed by atoms with Gasteiger partial charge in [0.05, 0.1) is 26.2 Å². The molecule has 0 radical (unpaired) electrons. The molecule has 0 N–H and O–H groups in total. The zero-order valence-electron chi connectivity index (χ0n) is 40.2. The quantitative estimate of drug-likeness (QED) is 0.176. The van der Waals surface area contributed by atoms with Gasteiger partial charge in [-0.05, 0) is 81.4 Å². The minimum absolute atomic E-state index is 0.0406. The Labute approximate surface area is 333 Å². The molecule has 54 heavy (non-hydrogen) atoms. The summed E-state index contributed by atoms with van der Waals surface area (Å²) < 4.78 is 108. The van der Waals surface area contributed by atoms with Gasteiger partial charge >= 0.3 is 0 Å². The third kappa shape index (κ3) is 4.58. The number of hydrogen-bond donors (Lipinski definition) is 0. The van der Waals surface area contributed by atoms with E-state index >= 15 is 0 Å². The van der Waals surface area contributed by atoms with Crippen LogP contribution in [-0.2, 0) is 5.41 Å². The lowest BCUT2D eigenvalue weighted by atomic mass is 9.81. The molecule has 10 aromatic rings. The smallest absolute Gasteiger partial charge is 0.143 e. The molecule has 2 aromatic heterocycles. The summed E-state index contributed by atoms with van der Waals surface area (Å²) in [5, 5.41) is 2.05. The average molecular weight is 721 g/mol. The standard InChI is InChI=1S/C51H35NOS/c1-51(2)42-23-11-9-20-39(42)48-41(33-17-7-4-8-18-33)29-35(30-43(48)51)52(34-27-28-38-37-19-10-12-26-46(37)54-47(38)31-34)44-24-14-25-45-49(44)40-22-13-21-36(50(40)53-45)32-15-5-3-6-16-32/h3-31H,1-2H3/i3D,5D,6D,13D,14D,15D,16D,21D,22D,24D,25D. The third-order valence-electron chi connectivity index (χ3n) is 10.7. The van der Waals surface area contributed by atoms with Crippen molar-refractivity contribution in [2.24, 2.45) is 0 Å². The van der Waals surface area contributed by atoms with Crippen LogP contribution in [-0.4, -0.2) is 0 Å². The molecule has 0 saturated carbocycles. The van der Waals surface area contributed by atoms with Crippen molar-refractivity contribution < 1.29 is 19.5 Å². The summed E-state index contributed by atoms with van der Waals surface area (Å²) in [5.74, 6) is 0. The van der Waals surface area contributed by atoms with Gasteiger partial charge in [-0.25, -0.2) is 0 Å². The lowest BCUT2D eigenvalue weighted by Crippen LogP contribution is -2.17. The fourth-order valence-corrected chi connectivity index (χ4v) is 9.36. The van der Waals surface area contributed by atoms with Crippen LogP contribution in [0.5, 0.6) is 0 Å². The summed E-state index contributed by atoms with van der Waals surface area (Å²) in [6.45, 7) is 4.36. The Hall–Kier alpha value is -6.42. The second-order valence-corrected chi connectivity index (χ2v) is 15.1. The highest BCUT2D eigenvalue weighted by Gasteiger charge is 2.38. The summed E-state index contributed by atoms with van der Waals surface area (Å²) in [4.78, 5) is 1.86. The van der Waals surface area contributed by atoms with Gasteiger partial charge in [-0.2, -0.15) is 0 Å². The highest BCUT2D eigenvalue weighted by Crippen LogP contribution is 2.55. The van der Waals surface area contributed by atoms with Gasteiger partial charge in [0.1, 0.15) is 11.2 Å². The number of benzene rings is 8.